The second kappa shape index (κ2) is 10.3. The summed E-state index contributed by atoms with van der Waals surface area (Å²) >= 11 is 13.8. The number of aromatic nitrogens is 2. The van der Waals surface area contributed by atoms with Gasteiger partial charge in [-0.1, -0.05) is 72.4 Å². The zero-order valence-electron chi connectivity index (χ0n) is 15.7. The van der Waals surface area contributed by atoms with Gasteiger partial charge in [-0.05, 0) is 30.2 Å². The molecule has 1 aliphatic rings. The highest BCUT2D eigenvalue weighted by Gasteiger charge is 2.32. The van der Waals surface area contributed by atoms with Crippen LogP contribution in [0.1, 0.15) is 36.8 Å². The molecule has 10 heteroatoms. The van der Waals surface area contributed by atoms with Gasteiger partial charge in [0.2, 0.25) is 11.0 Å². The van der Waals surface area contributed by atoms with Gasteiger partial charge in [0.1, 0.15) is 9.33 Å². The third-order valence-corrected chi connectivity index (χ3v) is 6.59. The maximum absolute atomic E-state index is 12.6. The number of rotatable bonds is 8. The fraction of sp³-hybridized carbons (Fsp3) is 0.316. The number of nitrogens with zero attached hydrogens (tertiary/aromatic N) is 3. The standard InChI is InChI=1S/C19H19ClN4O2S3/c1-2-3-4-16-22-23-18(29-16)21-15(25)9-10-24-17(26)14(28-19(24)27)11-12-5-7-13(20)8-6-12/h5-8,11H,2-4,9-10H2,1H3,(H,21,23,25)/b14-11+. The number of carbonyl (C=O) groups excluding carboxylic acids is 2. The van der Waals surface area contributed by atoms with Crippen LogP contribution >= 0.6 is 46.9 Å². The van der Waals surface area contributed by atoms with Gasteiger partial charge in [-0.2, -0.15) is 0 Å². The molecule has 0 spiro atoms. The molecule has 3 rings (SSSR count). The van der Waals surface area contributed by atoms with Crippen LogP contribution in [0.15, 0.2) is 29.2 Å². The first-order chi connectivity index (χ1) is 14.0. The van der Waals surface area contributed by atoms with E-state index in [1.165, 1.54) is 28.0 Å². The predicted octanol–water partition coefficient (Wildman–Crippen LogP) is 4.76. The van der Waals surface area contributed by atoms with E-state index in [2.05, 4.69) is 22.4 Å². The topological polar surface area (TPSA) is 75.2 Å². The van der Waals surface area contributed by atoms with Crippen molar-refractivity contribution >= 4 is 74.3 Å². The minimum atomic E-state index is -0.223. The summed E-state index contributed by atoms with van der Waals surface area (Å²) < 4.78 is 0.445. The molecule has 1 N–H and O–H groups in total. The molecule has 2 heterocycles. The summed E-state index contributed by atoms with van der Waals surface area (Å²) in [5.41, 5.74) is 0.864. The van der Waals surface area contributed by atoms with Crippen molar-refractivity contribution in [2.45, 2.75) is 32.6 Å². The van der Waals surface area contributed by atoms with Crippen molar-refractivity contribution in [2.24, 2.45) is 0 Å². The summed E-state index contributed by atoms with van der Waals surface area (Å²) in [5.74, 6) is -0.417. The van der Waals surface area contributed by atoms with Crippen molar-refractivity contribution in [3.8, 4) is 0 Å². The molecule has 1 saturated heterocycles. The highest BCUT2D eigenvalue weighted by molar-refractivity contribution is 8.26. The molecule has 0 atom stereocenters. The molecule has 29 heavy (non-hydrogen) atoms. The molecule has 6 nitrogen and oxygen atoms in total. The van der Waals surface area contributed by atoms with Crippen LogP contribution in [0.4, 0.5) is 5.13 Å². The lowest BCUT2D eigenvalue weighted by molar-refractivity contribution is -0.122. The Labute approximate surface area is 187 Å². The minimum absolute atomic E-state index is 0.130. The van der Waals surface area contributed by atoms with Crippen molar-refractivity contribution in [1.29, 1.82) is 0 Å². The normalized spacial score (nSPS) is 15.4. The van der Waals surface area contributed by atoms with E-state index in [0.29, 0.717) is 19.4 Å². The number of carbonyl (C=O) groups is 2. The first-order valence-corrected chi connectivity index (χ1v) is 11.5. The van der Waals surface area contributed by atoms with Gasteiger partial charge in [0.15, 0.2) is 0 Å². The summed E-state index contributed by atoms with van der Waals surface area (Å²) in [7, 11) is 0. The highest BCUT2D eigenvalue weighted by atomic mass is 35.5. The predicted molar refractivity (Wildman–Crippen MR) is 123 cm³/mol. The number of thioether (sulfide) groups is 1. The summed E-state index contributed by atoms with van der Waals surface area (Å²) in [4.78, 5) is 26.8. The van der Waals surface area contributed by atoms with Gasteiger partial charge in [0, 0.05) is 24.4 Å². The van der Waals surface area contributed by atoms with E-state index >= 15 is 0 Å². The monoisotopic (exact) mass is 466 g/mol. The van der Waals surface area contributed by atoms with Gasteiger partial charge in [0.05, 0.1) is 4.91 Å². The van der Waals surface area contributed by atoms with E-state index in [-0.39, 0.29) is 24.8 Å². The Kier molecular flexibility index (Phi) is 7.77. The molecule has 0 aliphatic carbocycles. The number of anilines is 1. The molecule has 1 fully saturated rings. The first-order valence-electron chi connectivity index (χ1n) is 9.09. The molecule has 1 aliphatic heterocycles. The zero-order chi connectivity index (χ0) is 20.8. The maximum Gasteiger partial charge on any atom is 0.266 e. The average Bonchev–Trinajstić information content (AvgIpc) is 3.24. The lowest BCUT2D eigenvalue weighted by Crippen LogP contribution is -2.31. The molecule has 0 bridgehead atoms. The number of halogens is 1. The van der Waals surface area contributed by atoms with Gasteiger partial charge < -0.3 is 5.32 Å². The number of amides is 2. The van der Waals surface area contributed by atoms with E-state index in [1.807, 2.05) is 12.1 Å². The van der Waals surface area contributed by atoms with Crippen LogP contribution in [-0.2, 0) is 16.0 Å². The van der Waals surface area contributed by atoms with E-state index in [4.69, 9.17) is 23.8 Å². The van der Waals surface area contributed by atoms with E-state index < -0.39 is 0 Å². The van der Waals surface area contributed by atoms with Crippen molar-refractivity contribution < 1.29 is 9.59 Å². The van der Waals surface area contributed by atoms with Gasteiger partial charge >= 0.3 is 0 Å². The van der Waals surface area contributed by atoms with Gasteiger partial charge in [-0.3, -0.25) is 14.5 Å². The lowest BCUT2D eigenvalue weighted by atomic mass is 10.2. The van der Waals surface area contributed by atoms with Crippen LogP contribution in [0.2, 0.25) is 5.02 Å². The lowest BCUT2D eigenvalue weighted by Gasteiger charge is -2.13. The second-order valence-corrected chi connectivity index (χ2v) is 9.46. The Bertz CT molecular complexity index is 943. The minimum Gasteiger partial charge on any atom is -0.300 e. The quantitative estimate of drug-likeness (QED) is 0.446. The van der Waals surface area contributed by atoms with Crippen molar-refractivity contribution in [3.05, 3.63) is 44.8 Å². The molecular weight excluding hydrogens is 448 g/mol. The second-order valence-electron chi connectivity index (χ2n) is 6.29. The van der Waals surface area contributed by atoms with Crippen LogP contribution < -0.4 is 5.32 Å². The third-order valence-electron chi connectivity index (χ3n) is 4.06. The number of hydrogen-bond acceptors (Lipinski definition) is 7. The van der Waals surface area contributed by atoms with Crippen LogP contribution in [-0.4, -0.2) is 37.8 Å². The number of hydrogen-bond donors (Lipinski definition) is 1. The molecule has 1 aromatic heterocycles. The molecule has 0 unspecified atom stereocenters. The third kappa shape index (κ3) is 6.08. The Morgan fingerprint density at radius 2 is 2.07 bits per heavy atom. The Morgan fingerprint density at radius 3 is 2.79 bits per heavy atom. The van der Waals surface area contributed by atoms with Crippen LogP contribution in [0.25, 0.3) is 6.08 Å². The van der Waals surface area contributed by atoms with Crippen molar-refractivity contribution in [3.63, 3.8) is 0 Å². The Hall–Kier alpha value is -1.81. The van der Waals surface area contributed by atoms with E-state index in [9.17, 15) is 9.59 Å². The number of thiocarbonyl (C=S) groups is 1. The molecular formula is C19H19ClN4O2S3. The summed E-state index contributed by atoms with van der Waals surface area (Å²) in [6.45, 7) is 2.33. The van der Waals surface area contributed by atoms with E-state index in [1.54, 1.807) is 18.2 Å². The maximum atomic E-state index is 12.6. The molecule has 0 radical (unpaired) electrons. The van der Waals surface area contributed by atoms with Gasteiger partial charge in [0.25, 0.3) is 5.91 Å². The number of unbranched alkanes of at least 4 members (excludes halogenated alkanes) is 1. The highest BCUT2D eigenvalue weighted by Crippen LogP contribution is 2.32. The molecule has 1 aromatic carbocycles. The Balaban J connectivity index is 1.54. The smallest absolute Gasteiger partial charge is 0.266 e. The number of aryl methyl sites for hydroxylation is 1. The average molecular weight is 467 g/mol. The van der Waals surface area contributed by atoms with Crippen molar-refractivity contribution in [1.82, 2.24) is 15.1 Å². The van der Waals surface area contributed by atoms with E-state index in [0.717, 1.165) is 29.8 Å². The molecule has 0 saturated carbocycles. The van der Waals surface area contributed by atoms with Gasteiger partial charge in [-0.15, -0.1) is 10.2 Å². The summed E-state index contributed by atoms with van der Waals surface area (Å²) in [6, 6.07) is 7.19. The van der Waals surface area contributed by atoms with Crippen molar-refractivity contribution in [2.75, 3.05) is 11.9 Å². The largest absolute Gasteiger partial charge is 0.300 e. The molecule has 2 aromatic rings. The van der Waals surface area contributed by atoms with Gasteiger partial charge in [-0.25, -0.2) is 0 Å². The fourth-order valence-electron chi connectivity index (χ4n) is 2.53. The SMILES string of the molecule is CCCCc1nnc(NC(=O)CCN2C(=O)/C(=C\c3ccc(Cl)cc3)SC2=S)s1. The first kappa shape index (κ1) is 21.9. The van der Waals surface area contributed by atoms with Crippen LogP contribution in [0, 0.1) is 0 Å². The number of nitrogens with one attached hydrogen (secondary N) is 1. The summed E-state index contributed by atoms with van der Waals surface area (Å²) in [6.07, 6.45) is 4.89. The summed E-state index contributed by atoms with van der Waals surface area (Å²) in [5, 5.41) is 12.8. The molecule has 152 valence electrons. The molecule has 2 amide bonds. The Morgan fingerprint density at radius 1 is 1.31 bits per heavy atom. The van der Waals surface area contributed by atoms with Crippen LogP contribution in [0.5, 0.6) is 0 Å². The fourth-order valence-corrected chi connectivity index (χ4v) is 4.76. The zero-order valence-corrected chi connectivity index (χ0v) is 18.9. The van der Waals surface area contributed by atoms with Crippen LogP contribution in [0.3, 0.4) is 0 Å². The number of benzene rings is 1.